The first-order chi connectivity index (χ1) is 13.5. The normalized spacial score (nSPS) is 13.5. The molecule has 0 atom stereocenters. The van der Waals surface area contributed by atoms with Crippen molar-refractivity contribution in [2.75, 3.05) is 23.4 Å². The number of nitrogens with one attached hydrogen (secondary N) is 1. The van der Waals surface area contributed by atoms with Gasteiger partial charge in [-0.3, -0.25) is 9.69 Å². The zero-order valence-corrected chi connectivity index (χ0v) is 16.5. The zero-order valence-electron chi connectivity index (χ0n) is 14.9. The number of carbonyl (C=O) groups excluding carboxylic acids is 2. The molecule has 1 aliphatic rings. The maximum Gasteiger partial charge on any atom is 0.414 e. The molecule has 1 aromatic heterocycles. The Labute approximate surface area is 170 Å². The van der Waals surface area contributed by atoms with Crippen LogP contribution in [0.25, 0.3) is 10.6 Å². The molecule has 2 heterocycles. The molecule has 6 nitrogen and oxygen atoms in total. The number of anilines is 2. The molecule has 1 saturated heterocycles. The van der Waals surface area contributed by atoms with E-state index in [1.165, 1.54) is 16.2 Å². The fraction of sp³-hybridized carbons (Fsp3) is 0.150. The quantitative estimate of drug-likeness (QED) is 0.654. The molecule has 4 rings (SSSR count). The fourth-order valence-electron chi connectivity index (χ4n) is 2.93. The van der Waals surface area contributed by atoms with Crippen LogP contribution >= 0.6 is 22.9 Å². The van der Waals surface area contributed by atoms with E-state index >= 15 is 0 Å². The van der Waals surface area contributed by atoms with Gasteiger partial charge in [0, 0.05) is 10.6 Å². The van der Waals surface area contributed by atoms with E-state index in [0.29, 0.717) is 40.1 Å². The molecule has 0 saturated carbocycles. The van der Waals surface area contributed by atoms with Crippen LogP contribution in [0.5, 0.6) is 0 Å². The highest BCUT2D eigenvalue weighted by Gasteiger charge is 2.26. The SMILES string of the molecule is Cc1nc(-c2ccc(Cl)cc2)sc1C(=O)Nc1ccccc1N1CCOC1=O. The van der Waals surface area contributed by atoms with Gasteiger partial charge in [-0.2, -0.15) is 0 Å². The Kier molecular flexibility index (Phi) is 5.02. The van der Waals surface area contributed by atoms with E-state index in [9.17, 15) is 9.59 Å². The molecule has 1 aliphatic heterocycles. The van der Waals surface area contributed by atoms with E-state index in [-0.39, 0.29) is 5.91 Å². The predicted molar refractivity (Wildman–Crippen MR) is 110 cm³/mol. The molecule has 3 aromatic rings. The summed E-state index contributed by atoms with van der Waals surface area (Å²) in [5.41, 5.74) is 2.70. The minimum absolute atomic E-state index is 0.268. The van der Waals surface area contributed by atoms with Crippen LogP contribution < -0.4 is 10.2 Å². The minimum Gasteiger partial charge on any atom is -0.447 e. The fourth-order valence-corrected chi connectivity index (χ4v) is 4.02. The van der Waals surface area contributed by atoms with Crippen molar-refractivity contribution in [2.24, 2.45) is 0 Å². The Morgan fingerprint density at radius 1 is 1.21 bits per heavy atom. The van der Waals surface area contributed by atoms with E-state index in [2.05, 4.69) is 10.3 Å². The number of hydrogen-bond donors (Lipinski definition) is 1. The van der Waals surface area contributed by atoms with Crippen molar-refractivity contribution in [2.45, 2.75) is 6.92 Å². The molecular formula is C20H16ClN3O3S. The smallest absolute Gasteiger partial charge is 0.414 e. The zero-order chi connectivity index (χ0) is 19.7. The molecule has 2 amide bonds. The Bertz CT molecular complexity index is 1050. The molecule has 2 aromatic carbocycles. The highest BCUT2D eigenvalue weighted by molar-refractivity contribution is 7.17. The summed E-state index contributed by atoms with van der Waals surface area (Å²) in [5.74, 6) is -0.268. The van der Waals surface area contributed by atoms with Crippen molar-refractivity contribution in [3.8, 4) is 10.6 Å². The van der Waals surface area contributed by atoms with Gasteiger partial charge < -0.3 is 10.1 Å². The molecule has 0 radical (unpaired) electrons. The number of thiazole rings is 1. The van der Waals surface area contributed by atoms with Crippen LogP contribution in [-0.4, -0.2) is 30.1 Å². The van der Waals surface area contributed by atoms with Crippen LogP contribution in [0.1, 0.15) is 15.4 Å². The van der Waals surface area contributed by atoms with Gasteiger partial charge in [0.25, 0.3) is 5.91 Å². The lowest BCUT2D eigenvalue weighted by Gasteiger charge is -2.17. The van der Waals surface area contributed by atoms with Crippen LogP contribution in [0.3, 0.4) is 0 Å². The summed E-state index contributed by atoms with van der Waals surface area (Å²) in [6.07, 6.45) is -0.416. The van der Waals surface area contributed by atoms with E-state index in [1.807, 2.05) is 18.2 Å². The summed E-state index contributed by atoms with van der Waals surface area (Å²) in [4.78, 5) is 31.3. The summed E-state index contributed by atoms with van der Waals surface area (Å²) in [5, 5.41) is 4.29. The number of ether oxygens (including phenoxy) is 1. The topological polar surface area (TPSA) is 71.5 Å². The molecule has 8 heteroatoms. The van der Waals surface area contributed by atoms with Gasteiger partial charge in [-0.25, -0.2) is 9.78 Å². The third-order valence-electron chi connectivity index (χ3n) is 4.30. The summed E-state index contributed by atoms with van der Waals surface area (Å²) in [7, 11) is 0. The average molecular weight is 414 g/mol. The van der Waals surface area contributed by atoms with Gasteiger partial charge in [0.1, 0.15) is 16.5 Å². The largest absolute Gasteiger partial charge is 0.447 e. The van der Waals surface area contributed by atoms with Gasteiger partial charge in [-0.15, -0.1) is 11.3 Å². The lowest BCUT2D eigenvalue weighted by molar-refractivity contribution is 0.102. The molecule has 142 valence electrons. The van der Waals surface area contributed by atoms with Gasteiger partial charge in [0.2, 0.25) is 0 Å². The van der Waals surface area contributed by atoms with E-state index in [0.717, 1.165) is 10.6 Å². The maximum absolute atomic E-state index is 12.9. The second-order valence-electron chi connectivity index (χ2n) is 6.18. The molecule has 0 unspecified atom stereocenters. The van der Waals surface area contributed by atoms with E-state index < -0.39 is 6.09 Å². The molecule has 28 heavy (non-hydrogen) atoms. The Balaban J connectivity index is 1.60. The summed E-state index contributed by atoms with van der Waals surface area (Å²) < 4.78 is 5.00. The number of halogens is 1. The van der Waals surface area contributed by atoms with Gasteiger partial charge in [0.15, 0.2) is 0 Å². The third kappa shape index (κ3) is 3.58. The van der Waals surface area contributed by atoms with Gasteiger partial charge in [-0.05, 0) is 31.2 Å². The number of rotatable bonds is 4. The molecule has 1 N–H and O–H groups in total. The average Bonchev–Trinajstić information content (AvgIpc) is 3.28. The van der Waals surface area contributed by atoms with Crippen molar-refractivity contribution < 1.29 is 14.3 Å². The first-order valence-electron chi connectivity index (χ1n) is 8.61. The number of cyclic esters (lactones) is 1. The summed E-state index contributed by atoms with van der Waals surface area (Å²) in [6, 6.07) is 14.5. The lowest BCUT2D eigenvalue weighted by atomic mass is 10.2. The second-order valence-corrected chi connectivity index (χ2v) is 7.61. The summed E-state index contributed by atoms with van der Waals surface area (Å²) in [6.45, 7) is 2.58. The second kappa shape index (κ2) is 7.61. The third-order valence-corrected chi connectivity index (χ3v) is 5.76. The Morgan fingerprint density at radius 2 is 1.96 bits per heavy atom. The van der Waals surface area contributed by atoms with Crippen LogP contribution in [0.15, 0.2) is 48.5 Å². The predicted octanol–water partition coefficient (Wildman–Crippen LogP) is 4.98. The van der Waals surface area contributed by atoms with Crippen molar-refractivity contribution >= 4 is 46.3 Å². The lowest BCUT2D eigenvalue weighted by Crippen LogP contribution is -2.25. The van der Waals surface area contributed by atoms with Crippen LogP contribution in [-0.2, 0) is 4.74 Å². The molecule has 1 fully saturated rings. The number of aromatic nitrogens is 1. The van der Waals surface area contributed by atoms with Crippen molar-refractivity contribution in [3.63, 3.8) is 0 Å². The number of para-hydroxylation sites is 2. The molecule has 0 spiro atoms. The molecular weight excluding hydrogens is 398 g/mol. The van der Waals surface area contributed by atoms with Crippen LogP contribution in [0.2, 0.25) is 5.02 Å². The number of carbonyl (C=O) groups is 2. The van der Waals surface area contributed by atoms with Crippen molar-refractivity contribution in [1.82, 2.24) is 4.98 Å². The minimum atomic E-state index is -0.416. The standard InChI is InChI=1S/C20H16ClN3O3S/c1-12-17(28-19(22-12)13-6-8-14(21)9-7-13)18(25)23-15-4-2-3-5-16(15)24-10-11-27-20(24)26/h2-9H,10-11H2,1H3,(H,23,25). The van der Waals surface area contributed by atoms with E-state index in [1.54, 1.807) is 37.3 Å². The number of benzene rings is 2. The van der Waals surface area contributed by atoms with Crippen LogP contribution in [0, 0.1) is 6.92 Å². The highest BCUT2D eigenvalue weighted by Crippen LogP contribution is 2.32. The molecule has 0 bridgehead atoms. The first-order valence-corrected chi connectivity index (χ1v) is 9.80. The highest BCUT2D eigenvalue weighted by atomic mass is 35.5. The number of amides is 2. The van der Waals surface area contributed by atoms with Gasteiger partial charge in [-0.1, -0.05) is 35.9 Å². The van der Waals surface area contributed by atoms with Gasteiger partial charge >= 0.3 is 6.09 Å². The van der Waals surface area contributed by atoms with Gasteiger partial charge in [0.05, 0.1) is 23.6 Å². The Morgan fingerprint density at radius 3 is 2.68 bits per heavy atom. The number of hydrogen-bond acceptors (Lipinski definition) is 5. The maximum atomic E-state index is 12.9. The van der Waals surface area contributed by atoms with Crippen LogP contribution in [0.4, 0.5) is 16.2 Å². The number of nitrogens with zero attached hydrogens (tertiary/aromatic N) is 2. The van der Waals surface area contributed by atoms with Crippen molar-refractivity contribution in [1.29, 1.82) is 0 Å². The first kappa shape index (κ1) is 18.5. The Hall–Kier alpha value is -2.90. The van der Waals surface area contributed by atoms with E-state index in [4.69, 9.17) is 16.3 Å². The monoisotopic (exact) mass is 413 g/mol. The van der Waals surface area contributed by atoms with Crippen molar-refractivity contribution in [3.05, 3.63) is 64.1 Å². The molecule has 0 aliphatic carbocycles. The number of aryl methyl sites for hydroxylation is 1. The summed E-state index contributed by atoms with van der Waals surface area (Å²) >= 11 is 7.25.